The number of carbonyl (C=O) groups excluding carboxylic acids is 1. The molecule has 2 aliphatic carbocycles. The average molecular weight is 428 g/mol. The summed E-state index contributed by atoms with van der Waals surface area (Å²) in [6, 6.07) is 2.95. The molecule has 156 valence electrons. The quantitative estimate of drug-likeness (QED) is 0.542. The molecule has 0 spiro atoms. The molecule has 2 saturated carbocycles. The Labute approximate surface area is 174 Å². The van der Waals surface area contributed by atoms with Gasteiger partial charge >= 0.3 is 0 Å². The monoisotopic (exact) mass is 428 g/mol. The van der Waals surface area contributed by atoms with Crippen LogP contribution in [0.2, 0.25) is 0 Å². The van der Waals surface area contributed by atoms with E-state index in [0.717, 1.165) is 18.5 Å². The highest BCUT2D eigenvalue weighted by molar-refractivity contribution is 7.74. The number of pyridine rings is 1. The smallest absolute Gasteiger partial charge is 0.270 e. The number of benzene rings is 1. The fraction of sp³-hybridized carbons (Fsp3) is 0.381. The third-order valence-electron chi connectivity index (χ3n) is 6.20. The van der Waals surface area contributed by atoms with Crippen molar-refractivity contribution in [3.05, 3.63) is 46.7 Å². The van der Waals surface area contributed by atoms with Gasteiger partial charge in [-0.2, -0.15) is 5.10 Å². The zero-order valence-corrected chi connectivity index (χ0v) is 17.5. The van der Waals surface area contributed by atoms with E-state index in [0.29, 0.717) is 40.4 Å². The van der Waals surface area contributed by atoms with Crippen LogP contribution >= 0.6 is 0 Å². The predicted molar refractivity (Wildman–Crippen MR) is 111 cm³/mol. The molecule has 0 saturated heterocycles. The van der Waals surface area contributed by atoms with E-state index in [2.05, 4.69) is 20.5 Å². The third-order valence-corrected chi connectivity index (χ3v) is 7.58. The molecule has 7 nitrogen and oxygen atoms in total. The number of thiol groups is 1. The average Bonchev–Trinajstić information content (AvgIpc) is 3.66. The molecule has 0 radical (unpaired) electrons. The first kappa shape index (κ1) is 19.2. The van der Waals surface area contributed by atoms with Gasteiger partial charge in [-0.05, 0) is 55.9 Å². The second kappa shape index (κ2) is 6.60. The zero-order chi connectivity index (χ0) is 21.2. The van der Waals surface area contributed by atoms with Crippen molar-refractivity contribution in [2.75, 3.05) is 7.05 Å². The van der Waals surface area contributed by atoms with Crippen LogP contribution in [0.1, 0.15) is 58.9 Å². The van der Waals surface area contributed by atoms with Crippen molar-refractivity contribution in [2.24, 2.45) is 0 Å². The Kier molecular flexibility index (Phi) is 4.22. The van der Waals surface area contributed by atoms with Crippen LogP contribution in [-0.4, -0.2) is 36.6 Å². The number of nitrogens with one attached hydrogen (secondary N) is 2. The van der Waals surface area contributed by atoms with Gasteiger partial charge in [0.15, 0.2) is 0 Å². The van der Waals surface area contributed by atoms with Crippen molar-refractivity contribution < 1.29 is 17.6 Å². The van der Waals surface area contributed by atoms with Crippen molar-refractivity contribution in [3.63, 3.8) is 0 Å². The van der Waals surface area contributed by atoms with Gasteiger partial charge in [-0.25, -0.2) is 17.8 Å². The summed E-state index contributed by atoms with van der Waals surface area (Å²) < 4.78 is 38.1. The normalized spacial score (nSPS) is 17.5. The summed E-state index contributed by atoms with van der Waals surface area (Å²) >= 11 is 0. The number of carbonyl (C=O) groups is 1. The topological polar surface area (TPSA) is 105 Å². The van der Waals surface area contributed by atoms with E-state index < -0.39 is 27.2 Å². The lowest BCUT2D eigenvalue weighted by Gasteiger charge is -2.17. The molecule has 0 atom stereocenters. The van der Waals surface area contributed by atoms with Gasteiger partial charge in [-0.3, -0.25) is 9.89 Å². The maximum Gasteiger partial charge on any atom is 0.270 e. The predicted octanol–water partition coefficient (Wildman–Crippen LogP) is 2.91. The molecule has 2 heterocycles. The van der Waals surface area contributed by atoms with Gasteiger partial charge in [0.1, 0.15) is 22.2 Å². The molecule has 30 heavy (non-hydrogen) atoms. The maximum absolute atomic E-state index is 15.5. The fourth-order valence-electron chi connectivity index (χ4n) is 4.29. The molecular formula is C21H21FN4O3S. The van der Waals surface area contributed by atoms with Gasteiger partial charge in [-0.15, -0.1) is 0 Å². The van der Waals surface area contributed by atoms with Crippen molar-refractivity contribution >= 4 is 27.5 Å². The Hall–Kier alpha value is -2.81. The van der Waals surface area contributed by atoms with E-state index in [4.69, 9.17) is 0 Å². The second-order valence-electron chi connectivity index (χ2n) is 8.17. The molecule has 2 N–H and O–H groups in total. The number of aryl methyl sites for hydroxylation is 1. The lowest BCUT2D eigenvalue weighted by Crippen LogP contribution is -2.20. The van der Waals surface area contributed by atoms with Crippen LogP contribution in [0.5, 0.6) is 0 Å². The van der Waals surface area contributed by atoms with Gasteiger partial charge in [0, 0.05) is 29.5 Å². The van der Waals surface area contributed by atoms with Gasteiger partial charge in [-0.1, -0.05) is 0 Å². The van der Waals surface area contributed by atoms with Gasteiger partial charge in [0.2, 0.25) is 0 Å². The highest BCUT2D eigenvalue weighted by atomic mass is 32.2. The number of hydrogen-bond donors (Lipinski definition) is 3. The van der Waals surface area contributed by atoms with E-state index in [-0.39, 0.29) is 17.2 Å². The number of halogens is 1. The van der Waals surface area contributed by atoms with Gasteiger partial charge in [0.05, 0.1) is 22.2 Å². The lowest BCUT2D eigenvalue weighted by atomic mass is 9.92. The van der Waals surface area contributed by atoms with Crippen molar-refractivity contribution in [1.82, 2.24) is 20.5 Å². The Balaban J connectivity index is 1.79. The Morgan fingerprint density at radius 3 is 2.63 bits per heavy atom. The number of hydrogen-bond acceptors (Lipinski definition) is 5. The summed E-state index contributed by atoms with van der Waals surface area (Å²) in [5.41, 5.74) is 3.38. The van der Waals surface area contributed by atoms with Crippen molar-refractivity contribution in [2.45, 2.75) is 43.3 Å². The minimum Gasteiger partial charge on any atom is -0.354 e. The summed E-state index contributed by atoms with van der Waals surface area (Å²) in [7, 11) is -1.20. The number of aromatic nitrogens is 3. The van der Waals surface area contributed by atoms with Crippen molar-refractivity contribution in [3.8, 4) is 11.1 Å². The first-order valence-electron chi connectivity index (χ1n) is 9.92. The molecule has 2 fully saturated rings. The third kappa shape index (κ3) is 2.75. The highest BCUT2D eigenvalue weighted by Gasteiger charge is 2.49. The maximum atomic E-state index is 15.5. The Morgan fingerprint density at radius 2 is 2.03 bits per heavy atom. The van der Waals surface area contributed by atoms with E-state index >= 15 is 4.39 Å². The second-order valence-corrected chi connectivity index (χ2v) is 9.54. The van der Waals surface area contributed by atoms with Gasteiger partial charge in [0.25, 0.3) is 5.91 Å². The molecule has 0 bridgehead atoms. The number of fused-ring (bicyclic) bond motifs is 1. The first-order valence-corrected chi connectivity index (χ1v) is 11.1. The number of H-pyrrole nitrogens is 1. The van der Waals surface area contributed by atoms with E-state index in [1.807, 2.05) is 0 Å². The summed E-state index contributed by atoms with van der Waals surface area (Å²) in [6.45, 7) is 1.78. The highest BCUT2D eigenvalue weighted by Crippen LogP contribution is 2.51. The van der Waals surface area contributed by atoms with Crippen LogP contribution in [0.15, 0.2) is 18.3 Å². The van der Waals surface area contributed by atoms with Crippen LogP contribution in [-0.2, 0) is 15.5 Å². The van der Waals surface area contributed by atoms with Crippen molar-refractivity contribution in [1.29, 1.82) is 0 Å². The number of aromatic amines is 1. The van der Waals surface area contributed by atoms with E-state index in [1.54, 1.807) is 19.2 Å². The number of nitrogens with zero attached hydrogens (tertiary/aromatic N) is 2. The minimum absolute atomic E-state index is 0.121. The minimum atomic E-state index is -2.70. The first-order chi connectivity index (χ1) is 14.4. The van der Waals surface area contributed by atoms with Crippen LogP contribution in [0, 0.1) is 12.7 Å². The number of rotatable bonds is 5. The summed E-state index contributed by atoms with van der Waals surface area (Å²) in [5, 5.41) is 10.6. The summed E-state index contributed by atoms with van der Waals surface area (Å²) in [6.07, 6.45) is 4.54. The summed E-state index contributed by atoms with van der Waals surface area (Å²) in [4.78, 5) is 16.9. The molecular weight excluding hydrogens is 407 g/mol. The summed E-state index contributed by atoms with van der Waals surface area (Å²) in [5.74, 6) is -0.710. The Morgan fingerprint density at radius 1 is 1.30 bits per heavy atom. The molecule has 2 aromatic heterocycles. The SMILES string of the molecule is CNC(=O)c1ncc2[nH]nc(C3CC3)c2c1-c1cc(C)c(C2([SH](=O)=O)CC2)cc1F. The number of amides is 1. The molecule has 0 aliphatic heterocycles. The standard InChI is InChI=1S/C21H21FN4O3S/c1-10-7-12(14(22)8-13(10)21(5-6-21)30(28)29)16-17-15(9-24-19(16)20(27)23-2)25-26-18(17)11-3-4-11/h7-9,11,30H,3-6H2,1-2H3,(H,23,27)(H,25,26). The molecule has 1 amide bonds. The van der Waals surface area contributed by atoms with E-state index in [9.17, 15) is 13.2 Å². The molecule has 3 aromatic rings. The molecule has 5 rings (SSSR count). The van der Waals surface area contributed by atoms with Crippen LogP contribution in [0.4, 0.5) is 4.39 Å². The lowest BCUT2D eigenvalue weighted by molar-refractivity contribution is 0.0959. The van der Waals surface area contributed by atoms with Crippen LogP contribution < -0.4 is 5.32 Å². The molecule has 1 aromatic carbocycles. The van der Waals surface area contributed by atoms with E-state index in [1.165, 1.54) is 13.1 Å². The van der Waals surface area contributed by atoms with Crippen LogP contribution in [0.3, 0.4) is 0 Å². The Bertz CT molecular complexity index is 1280. The fourth-order valence-corrected chi connectivity index (χ4v) is 5.20. The molecule has 9 heteroatoms. The van der Waals surface area contributed by atoms with Crippen LogP contribution in [0.25, 0.3) is 22.0 Å². The largest absolute Gasteiger partial charge is 0.354 e. The zero-order valence-electron chi connectivity index (χ0n) is 16.6. The van der Waals surface area contributed by atoms with Gasteiger partial charge < -0.3 is 5.32 Å². The molecule has 2 aliphatic rings. The molecule has 0 unspecified atom stereocenters.